The van der Waals surface area contributed by atoms with E-state index < -0.39 is 5.97 Å². The molecule has 0 bridgehead atoms. The number of piperidine rings is 1. The minimum atomic E-state index is -0.718. The zero-order chi connectivity index (χ0) is 21.1. The zero-order valence-corrected chi connectivity index (χ0v) is 17.4. The van der Waals surface area contributed by atoms with Crippen molar-refractivity contribution in [3.63, 3.8) is 0 Å². The number of likely N-dealkylation sites (tertiary alicyclic amines) is 1. The van der Waals surface area contributed by atoms with Crippen LogP contribution in [-0.4, -0.2) is 43.3 Å². The topological polar surface area (TPSA) is 59.0 Å². The van der Waals surface area contributed by atoms with E-state index in [0.717, 1.165) is 30.5 Å². The monoisotopic (exact) mass is 405 g/mol. The summed E-state index contributed by atoms with van der Waals surface area (Å²) in [6.07, 6.45) is 1.59. The molecule has 1 aliphatic rings. The number of hydrogen-bond acceptors (Lipinski definition) is 4. The molecule has 156 valence electrons. The van der Waals surface area contributed by atoms with Crippen LogP contribution in [0.5, 0.6) is 11.5 Å². The Morgan fingerprint density at radius 2 is 1.67 bits per heavy atom. The average molecular weight is 405 g/mol. The van der Waals surface area contributed by atoms with Gasteiger partial charge >= 0.3 is 5.97 Å². The fraction of sp³-hybridized carbons (Fsp3) is 0.320. The van der Waals surface area contributed by atoms with Crippen LogP contribution in [-0.2, 0) is 4.79 Å². The molecule has 2 atom stereocenters. The number of ether oxygens (including phenoxy) is 2. The Bertz CT molecular complexity index is 1050. The van der Waals surface area contributed by atoms with Crippen molar-refractivity contribution in [2.75, 3.05) is 27.3 Å². The number of aliphatic carboxylic acids is 1. The summed E-state index contributed by atoms with van der Waals surface area (Å²) < 4.78 is 11.0. The Kier molecular flexibility index (Phi) is 5.91. The van der Waals surface area contributed by atoms with E-state index in [1.54, 1.807) is 14.2 Å². The Morgan fingerprint density at radius 3 is 2.40 bits per heavy atom. The summed E-state index contributed by atoms with van der Waals surface area (Å²) in [5, 5.41) is 12.0. The highest BCUT2D eigenvalue weighted by Crippen LogP contribution is 2.38. The second-order valence-electron chi connectivity index (χ2n) is 7.80. The van der Waals surface area contributed by atoms with Gasteiger partial charge in [0.25, 0.3) is 0 Å². The third kappa shape index (κ3) is 3.98. The molecule has 0 saturated carbocycles. The molecule has 0 aliphatic carbocycles. The van der Waals surface area contributed by atoms with Gasteiger partial charge in [-0.05, 0) is 59.5 Å². The van der Waals surface area contributed by atoms with Crippen molar-refractivity contribution in [2.45, 2.75) is 18.9 Å². The number of fused-ring (bicyclic) bond motifs is 1. The van der Waals surface area contributed by atoms with Gasteiger partial charge < -0.3 is 14.6 Å². The molecule has 1 N–H and O–H groups in total. The smallest absolute Gasteiger partial charge is 0.307 e. The Morgan fingerprint density at radius 1 is 0.967 bits per heavy atom. The van der Waals surface area contributed by atoms with Gasteiger partial charge in [-0.2, -0.15) is 0 Å². The molecule has 0 radical (unpaired) electrons. The molecule has 30 heavy (non-hydrogen) atoms. The molecular weight excluding hydrogens is 378 g/mol. The van der Waals surface area contributed by atoms with E-state index in [4.69, 9.17) is 9.47 Å². The minimum Gasteiger partial charge on any atom is -0.493 e. The molecule has 0 amide bonds. The molecular formula is C25H27NO4. The summed E-state index contributed by atoms with van der Waals surface area (Å²) in [6.45, 7) is 1.39. The molecule has 0 spiro atoms. The normalized spacial score (nSPS) is 18.1. The Hall–Kier alpha value is -3.05. The number of rotatable bonds is 6. The Labute approximate surface area is 176 Å². The number of hydrogen-bond donors (Lipinski definition) is 1. The summed E-state index contributed by atoms with van der Waals surface area (Å²) in [5.74, 6) is 0.291. The highest BCUT2D eigenvalue weighted by Gasteiger charge is 2.31. The van der Waals surface area contributed by atoms with Crippen LogP contribution in [0.25, 0.3) is 10.8 Å². The fourth-order valence-corrected chi connectivity index (χ4v) is 4.46. The number of carboxylic acid groups (broad SMARTS) is 1. The molecule has 1 saturated heterocycles. The summed E-state index contributed by atoms with van der Waals surface area (Å²) in [4.78, 5) is 14.0. The van der Waals surface area contributed by atoms with Gasteiger partial charge in [-0.3, -0.25) is 9.69 Å². The zero-order valence-electron chi connectivity index (χ0n) is 17.4. The van der Waals surface area contributed by atoms with E-state index in [1.807, 2.05) is 30.3 Å². The van der Waals surface area contributed by atoms with Gasteiger partial charge in [0, 0.05) is 6.54 Å². The van der Waals surface area contributed by atoms with Gasteiger partial charge in [-0.1, -0.05) is 42.5 Å². The van der Waals surface area contributed by atoms with Crippen molar-refractivity contribution in [2.24, 2.45) is 5.92 Å². The maximum absolute atomic E-state index is 11.7. The van der Waals surface area contributed by atoms with E-state index in [9.17, 15) is 9.90 Å². The summed E-state index contributed by atoms with van der Waals surface area (Å²) >= 11 is 0. The molecule has 2 unspecified atom stereocenters. The Balaban J connectivity index is 1.80. The molecule has 4 rings (SSSR count). The van der Waals surface area contributed by atoms with E-state index >= 15 is 0 Å². The standard InChI is InChI=1S/C25H27NO4/c1-29-22-12-11-20(15-23(22)30-2)24(26-13-5-8-21(16-26)25(27)28)19-10-9-17-6-3-4-7-18(17)14-19/h3-4,6-7,9-12,14-15,21,24H,5,8,13,16H2,1-2H3,(H,27,28). The highest BCUT2D eigenvalue weighted by molar-refractivity contribution is 5.83. The third-order valence-corrected chi connectivity index (χ3v) is 5.98. The molecule has 1 heterocycles. The summed E-state index contributed by atoms with van der Waals surface area (Å²) in [5.41, 5.74) is 2.21. The molecule has 0 aromatic heterocycles. The summed E-state index contributed by atoms with van der Waals surface area (Å²) in [7, 11) is 3.26. The van der Waals surface area contributed by atoms with E-state index in [0.29, 0.717) is 18.0 Å². The van der Waals surface area contributed by atoms with Gasteiger partial charge in [-0.15, -0.1) is 0 Å². The van der Waals surface area contributed by atoms with Crippen LogP contribution in [0, 0.1) is 5.92 Å². The lowest BCUT2D eigenvalue weighted by Crippen LogP contribution is -2.41. The van der Waals surface area contributed by atoms with E-state index in [1.165, 1.54) is 10.8 Å². The van der Waals surface area contributed by atoms with Crippen molar-refractivity contribution in [3.8, 4) is 11.5 Å². The first-order chi connectivity index (χ1) is 14.6. The van der Waals surface area contributed by atoms with Crippen molar-refractivity contribution in [3.05, 3.63) is 71.8 Å². The number of benzene rings is 3. The SMILES string of the molecule is COc1ccc(C(c2ccc3ccccc3c2)N2CCCC(C(=O)O)C2)cc1OC. The maximum atomic E-state index is 11.7. The summed E-state index contributed by atoms with van der Waals surface area (Å²) in [6, 6.07) is 20.7. The second-order valence-corrected chi connectivity index (χ2v) is 7.80. The molecule has 3 aromatic carbocycles. The predicted molar refractivity (Wildman–Crippen MR) is 117 cm³/mol. The van der Waals surface area contributed by atoms with Crippen molar-refractivity contribution < 1.29 is 19.4 Å². The highest BCUT2D eigenvalue weighted by atomic mass is 16.5. The number of methoxy groups -OCH3 is 2. The van der Waals surface area contributed by atoms with Gasteiger partial charge in [0.05, 0.1) is 26.2 Å². The quantitative estimate of drug-likeness (QED) is 0.642. The first kappa shape index (κ1) is 20.2. The first-order valence-electron chi connectivity index (χ1n) is 10.3. The van der Waals surface area contributed by atoms with E-state index in [-0.39, 0.29) is 12.0 Å². The van der Waals surface area contributed by atoms with Crippen molar-refractivity contribution in [1.82, 2.24) is 4.90 Å². The van der Waals surface area contributed by atoms with Crippen LogP contribution < -0.4 is 9.47 Å². The lowest BCUT2D eigenvalue weighted by Gasteiger charge is -2.38. The van der Waals surface area contributed by atoms with Crippen LogP contribution >= 0.6 is 0 Å². The maximum Gasteiger partial charge on any atom is 0.307 e. The number of carboxylic acids is 1. The average Bonchev–Trinajstić information content (AvgIpc) is 2.79. The van der Waals surface area contributed by atoms with Crippen molar-refractivity contribution >= 4 is 16.7 Å². The number of carbonyl (C=O) groups is 1. The van der Waals surface area contributed by atoms with E-state index in [2.05, 4.69) is 35.2 Å². The van der Waals surface area contributed by atoms with Crippen LogP contribution in [0.2, 0.25) is 0 Å². The largest absolute Gasteiger partial charge is 0.493 e. The number of nitrogens with zero attached hydrogens (tertiary/aromatic N) is 1. The van der Waals surface area contributed by atoms with Crippen molar-refractivity contribution in [1.29, 1.82) is 0 Å². The molecule has 5 nitrogen and oxygen atoms in total. The lowest BCUT2D eigenvalue weighted by molar-refractivity contribution is -0.143. The molecule has 5 heteroatoms. The molecule has 1 aliphatic heterocycles. The van der Waals surface area contributed by atoms with Gasteiger partial charge in [-0.25, -0.2) is 0 Å². The van der Waals surface area contributed by atoms with Gasteiger partial charge in [0.2, 0.25) is 0 Å². The van der Waals surface area contributed by atoms with Gasteiger partial charge in [0.15, 0.2) is 11.5 Å². The lowest BCUT2D eigenvalue weighted by atomic mass is 9.90. The van der Waals surface area contributed by atoms with Crippen LogP contribution in [0.4, 0.5) is 0 Å². The third-order valence-electron chi connectivity index (χ3n) is 5.98. The van der Waals surface area contributed by atoms with Gasteiger partial charge in [0.1, 0.15) is 0 Å². The fourth-order valence-electron chi connectivity index (χ4n) is 4.46. The van der Waals surface area contributed by atoms with Crippen LogP contribution in [0.3, 0.4) is 0 Å². The predicted octanol–water partition coefficient (Wildman–Crippen LogP) is 4.74. The second kappa shape index (κ2) is 8.76. The van der Waals surface area contributed by atoms with Crippen LogP contribution in [0.15, 0.2) is 60.7 Å². The molecule has 3 aromatic rings. The first-order valence-corrected chi connectivity index (χ1v) is 10.3. The van der Waals surface area contributed by atoms with Crippen LogP contribution in [0.1, 0.15) is 30.0 Å². The molecule has 1 fully saturated rings. The minimum absolute atomic E-state index is 0.0587.